The Kier molecular flexibility index (Phi) is 6.09. The number of aromatic nitrogens is 2. The monoisotopic (exact) mass is 388 g/mol. The van der Waals surface area contributed by atoms with Gasteiger partial charge in [-0.1, -0.05) is 19.8 Å². The van der Waals surface area contributed by atoms with Gasteiger partial charge in [-0.05, 0) is 19.8 Å². The molecule has 0 bridgehead atoms. The zero-order chi connectivity index (χ0) is 18.5. The van der Waals surface area contributed by atoms with Crippen LogP contribution in [0.2, 0.25) is 0 Å². The number of H-pyrrole nitrogens is 1. The molecule has 0 amide bonds. The number of aliphatic hydroxyl groups is 1. The number of fused-ring (bicyclic) bond motifs is 1. The van der Waals surface area contributed by atoms with Gasteiger partial charge in [0.05, 0.1) is 6.10 Å². The number of nitrogens with zero attached hydrogens (tertiary/aromatic N) is 1. The number of nitrogens with one attached hydrogen (secondary N) is 1. The van der Waals surface area contributed by atoms with Crippen LogP contribution in [0.4, 0.5) is 0 Å². The fourth-order valence-corrected chi connectivity index (χ4v) is 4.38. The Morgan fingerprint density at radius 2 is 1.96 bits per heavy atom. The van der Waals surface area contributed by atoms with E-state index in [0.29, 0.717) is 12.0 Å². The third-order valence-corrected chi connectivity index (χ3v) is 5.90. The van der Waals surface area contributed by atoms with Crippen LogP contribution in [0.5, 0.6) is 0 Å². The molecule has 1 saturated carbocycles. The first-order valence-corrected chi connectivity index (χ1v) is 9.28. The van der Waals surface area contributed by atoms with E-state index in [1.807, 2.05) is 6.92 Å². The van der Waals surface area contributed by atoms with Gasteiger partial charge in [0.15, 0.2) is 12.0 Å². The maximum Gasteiger partial charge on any atom is 1.00 e. The second-order valence-electron chi connectivity index (χ2n) is 7.52. The average molecular weight is 388 g/mol. The summed E-state index contributed by atoms with van der Waals surface area (Å²) in [4.78, 5) is 26.4. The van der Waals surface area contributed by atoms with Crippen molar-refractivity contribution >= 4 is 0 Å². The molecule has 8 nitrogen and oxygen atoms in total. The minimum Gasteiger partial charge on any atom is -0.563 e. The molecule has 1 spiro atoms. The molecule has 1 unspecified atom stereocenters. The van der Waals surface area contributed by atoms with Crippen molar-refractivity contribution in [2.24, 2.45) is 0 Å². The Hall–Kier alpha value is -0.480. The van der Waals surface area contributed by atoms with Crippen LogP contribution < -0.4 is 40.8 Å². The summed E-state index contributed by atoms with van der Waals surface area (Å²) in [6, 6.07) is 0. The van der Waals surface area contributed by atoms with Crippen molar-refractivity contribution in [3.8, 4) is 0 Å². The molecule has 4 rings (SSSR count). The van der Waals surface area contributed by atoms with Gasteiger partial charge in [0.25, 0.3) is 5.56 Å². The molecule has 3 heterocycles. The molecular weight excluding hydrogens is 363 g/mol. The Balaban J connectivity index is 0.00000210. The fourth-order valence-electron chi connectivity index (χ4n) is 4.38. The average Bonchev–Trinajstić information content (AvgIpc) is 3.13. The van der Waals surface area contributed by atoms with Crippen molar-refractivity contribution in [3.63, 3.8) is 0 Å². The predicted octanol–water partition coefficient (Wildman–Crippen LogP) is -1.49. The summed E-state index contributed by atoms with van der Waals surface area (Å²) in [6.07, 6.45) is 4.86. The van der Waals surface area contributed by atoms with Crippen LogP contribution in [0.3, 0.4) is 0 Å². The Labute approximate surface area is 179 Å². The van der Waals surface area contributed by atoms with E-state index in [4.69, 9.17) is 14.2 Å². The number of rotatable bonds is 3. The molecule has 144 valence electrons. The Bertz CT molecular complexity index is 796. The molecule has 4 atom stereocenters. The molecule has 3 fully saturated rings. The molecule has 0 aromatic carbocycles. The third-order valence-electron chi connectivity index (χ3n) is 5.90. The van der Waals surface area contributed by atoms with E-state index in [1.165, 1.54) is 10.8 Å². The smallest absolute Gasteiger partial charge is 0.563 e. The van der Waals surface area contributed by atoms with Crippen LogP contribution in [-0.4, -0.2) is 38.3 Å². The van der Waals surface area contributed by atoms with E-state index in [9.17, 15) is 14.7 Å². The molecule has 1 aromatic rings. The van der Waals surface area contributed by atoms with Crippen molar-refractivity contribution in [1.82, 2.24) is 9.55 Å². The molecule has 2 aliphatic heterocycles. The van der Waals surface area contributed by atoms with Crippen LogP contribution in [0.25, 0.3) is 0 Å². The summed E-state index contributed by atoms with van der Waals surface area (Å²) < 4.78 is 20.1. The summed E-state index contributed by atoms with van der Waals surface area (Å²) in [5.74, 6) is -0.681. The van der Waals surface area contributed by atoms with Crippen LogP contribution in [0.1, 0.15) is 57.2 Å². The molecular formula is C18H25N2NaO6. The topological polar surface area (TPSA) is 103 Å². The number of aliphatic hydroxyl groups excluding tert-OH is 1. The maximum absolute atomic E-state index is 12.4. The first-order valence-electron chi connectivity index (χ1n) is 9.28. The molecule has 1 aliphatic carbocycles. The van der Waals surface area contributed by atoms with Gasteiger partial charge in [-0.2, -0.15) is 6.61 Å². The van der Waals surface area contributed by atoms with Gasteiger partial charge >= 0.3 is 35.2 Å². The van der Waals surface area contributed by atoms with Gasteiger partial charge in [0, 0.05) is 30.2 Å². The molecule has 9 heteroatoms. The van der Waals surface area contributed by atoms with E-state index in [0.717, 1.165) is 38.7 Å². The van der Waals surface area contributed by atoms with Crippen LogP contribution in [0, 0.1) is 13.5 Å². The first-order chi connectivity index (χ1) is 12.4. The minimum absolute atomic E-state index is 0. The number of ether oxygens (including phenoxy) is 3. The largest absolute Gasteiger partial charge is 1.00 e. The standard InChI is InChI=1S/C18H25N2O6.Na/c1-3-17(10-21)13-12(24-18(25-13)7-5-4-6-8-18)15(26-17)20-9-11(2)14(22)19-16(20)23;/h9-10,12-13,15,21H,3-8H2,1-2H3,(H,19,22,23);/q-1;+1/t12?,13-,15-,17+;/m1./s1. The van der Waals surface area contributed by atoms with Crippen molar-refractivity contribution < 1.29 is 48.9 Å². The summed E-state index contributed by atoms with van der Waals surface area (Å²) in [7, 11) is 0. The summed E-state index contributed by atoms with van der Waals surface area (Å²) in [5, 5.41) is 9.95. The zero-order valence-corrected chi connectivity index (χ0v) is 18.1. The van der Waals surface area contributed by atoms with Crippen LogP contribution in [-0.2, 0) is 14.2 Å². The van der Waals surface area contributed by atoms with Crippen molar-refractivity contribution in [2.75, 3.05) is 0 Å². The van der Waals surface area contributed by atoms with Crippen molar-refractivity contribution in [3.05, 3.63) is 39.2 Å². The normalized spacial score (nSPS) is 34.4. The molecule has 3 aliphatic rings. The number of aromatic amines is 1. The SMILES string of the molecule is CC[C@@]1([CH-]O)O[C@@H](n2cc(C)c(=O)[nH]c2=O)C2OC3(CCCCC3)O[C@H]21.[Na+]. The molecule has 1 aromatic heterocycles. The third kappa shape index (κ3) is 3.39. The van der Waals surface area contributed by atoms with Gasteiger partial charge in [-0.3, -0.25) is 14.3 Å². The molecule has 2 saturated heterocycles. The van der Waals surface area contributed by atoms with E-state index < -0.39 is 41.1 Å². The van der Waals surface area contributed by atoms with Gasteiger partial charge < -0.3 is 19.3 Å². The minimum atomic E-state index is -1.06. The predicted molar refractivity (Wildman–Crippen MR) is 91.0 cm³/mol. The number of hydrogen-bond acceptors (Lipinski definition) is 6. The first kappa shape index (κ1) is 21.2. The fraction of sp³-hybridized carbons (Fsp3) is 0.722. The van der Waals surface area contributed by atoms with Crippen LogP contribution in [0.15, 0.2) is 15.8 Å². The summed E-state index contributed by atoms with van der Waals surface area (Å²) in [6.45, 7) is 4.53. The number of aryl methyl sites for hydroxylation is 1. The van der Waals surface area contributed by atoms with Gasteiger partial charge in [-0.15, -0.1) is 0 Å². The van der Waals surface area contributed by atoms with E-state index in [2.05, 4.69) is 4.98 Å². The van der Waals surface area contributed by atoms with E-state index >= 15 is 0 Å². The van der Waals surface area contributed by atoms with Crippen molar-refractivity contribution in [1.29, 1.82) is 0 Å². The quantitative estimate of drug-likeness (QED) is 0.483. The maximum atomic E-state index is 12.4. The van der Waals surface area contributed by atoms with E-state index in [-0.39, 0.29) is 29.6 Å². The second-order valence-corrected chi connectivity index (χ2v) is 7.52. The van der Waals surface area contributed by atoms with Gasteiger partial charge in [0.2, 0.25) is 0 Å². The summed E-state index contributed by atoms with van der Waals surface area (Å²) in [5.41, 5.74) is -1.65. The van der Waals surface area contributed by atoms with E-state index in [1.54, 1.807) is 6.92 Å². The zero-order valence-electron chi connectivity index (χ0n) is 16.1. The molecule has 0 radical (unpaired) electrons. The van der Waals surface area contributed by atoms with Gasteiger partial charge in [-0.25, -0.2) is 4.79 Å². The second kappa shape index (κ2) is 7.74. The van der Waals surface area contributed by atoms with Crippen LogP contribution >= 0.6 is 0 Å². The Morgan fingerprint density at radius 1 is 1.26 bits per heavy atom. The van der Waals surface area contributed by atoms with Crippen molar-refractivity contribution in [2.45, 2.75) is 82.2 Å². The molecule has 27 heavy (non-hydrogen) atoms. The number of hydrogen-bond donors (Lipinski definition) is 2. The van der Waals surface area contributed by atoms with Gasteiger partial charge in [0.1, 0.15) is 6.10 Å². The summed E-state index contributed by atoms with van der Waals surface area (Å²) >= 11 is 0. The Morgan fingerprint density at radius 3 is 2.59 bits per heavy atom. The molecule has 2 N–H and O–H groups in total.